The molecule has 0 heterocycles. The van der Waals surface area contributed by atoms with E-state index in [1.54, 1.807) is 0 Å². The summed E-state index contributed by atoms with van der Waals surface area (Å²) in [6, 6.07) is 0. The van der Waals surface area contributed by atoms with Crippen molar-refractivity contribution in [3.8, 4) is 0 Å². The second-order valence-corrected chi connectivity index (χ2v) is 3.95. The fourth-order valence-corrected chi connectivity index (χ4v) is 1.78. The normalized spacial score (nSPS) is 13.2. The highest BCUT2D eigenvalue weighted by atomic mass is 19.1. The molecule has 0 fully saturated rings. The number of unbranched alkanes of at least 4 members (excludes halogenated alkanes) is 3. The molecule has 0 aromatic carbocycles. The molecule has 0 aliphatic carbocycles. The van der Waals surface area contributed by atoms with Crippen LogP contribution in [0.15, 0.2) is 0 Å². The Morgan fingerprint density at radius 3 is 2.15 bits per heavy atom. The van der Waals surface area contributed by atoms with Gasteiger partial charge in [0.1, 0.15) is 0 Å². The Hall–Kier alpha value is -0.0700. The van der Waals surface area contributed by atoms with Crippen molar-refractivity contribution in [3.05, 3.63) is 0 Å². The van der Waals surface area contributed by atoms with Crippen molar-refractivity contribution in [1.82, 2.24) is 0 Å². The largest absolute Gasteiger partial charge is 0.251 e. The van der Waals surface area contributed by atoms with Gasteiger partial charge in [0.2, 0.25) is 0 Å². The van der Waals surface area contributed by atoms with Crippen LogP contribution in [0.1, 0.15) is 65.2 Å². The highest BCUT2D eigenvalue weighted by molar-refractivity contribution is 4.57. The fourth-order valence-electron chi connectivity index (χ4n) is 1.78. The molecule has 1 unspecified atom stereocenters. The summed E-state index contributed by atoms with van der Waals surface area (Å²) in [4.78, 5) is 0. The molecular formula is C12H25F. The Bertz CT molecular complexity index is 91.1. The summed E-state index contributed by atoms with van der Waals surface area (Å²) in [6.45, 7) is 4.33. The Labute approximate surface area is 82.9 Å². The van der Waals surface area contributed by atoms with Crippen LogP contribution in [-0.4, -0.2) is 6.67 Å². The number of hydrogen-bond donors (Lipinski definition) is 0. The molecule has 0 amide bonds. The van der Waals surface area contributed by atoms with Crippen LogP contribution in [0.2, 0.25) is 0 Å². The summed E-state index contributed by atoms with van der Waals surface area (Å²) in [5.74, 6) is 0.785. The first-order valence-corrected chi connectivity index (χ1v) is 5.91. The number of rotatable bonds is 9. The molecule has 1 heteroatoms. The van der Waals surface area contributed by atoms with E-state index in [4.69, 9.17) is 0 Å². The predicted molar refractivity (Wildman–Crippen MR) is 57.7 cm³/mol. The Morgan fingerprint density at radius 2 is 1.62 bits per heavy atom. The second kappa shape index (κ2) is 10.0. The lowest BCUT2D eigenvalue weighted by Crippen LogP contribution is -1.99. The molecule has 0 spiro atoms. The SMILES string of the molecule is CCCCCCC(CC)CCCF. The Morgan fingerprint density at radius 1 is 0.923 bits per heavy atom. The third-order valence-corrected chi connectivity index (χ3v) is 2.79. The molecule has 0 nitrogen and oxygen atoms in total. The van der Waals surface area contributed by atoms with Crippen LogP contribution in [0.3, 0.4) is 0 Å². The van der Waals surface area contributed by atoms with Gasteiger partial charge in [0.25, 0.3) is 0 Å². The minimum atomic E-state index is -0.133. The van der Waals surface area contributed by atoms with E-state index in [1.165, 1.54) is 38.5 Å². The average molecular weight is 188 g/mol. The van der Waals surface area contributed by atoms with Crippen LogP contribution >= 0.6 is 0 Å². The van der Waals surface area contributed by atoms with Crippen LogP contribution in [-0.2, 0) is 0 Å². The summed E-state index contributed by atoms with van der Waals surface area (Å²) >= 11 is 0. The first kappa shape index (κ1) is 12.9. The lowest BCUT2D eigenvalue weighted by molar-refractivity contribution is 0.367. The predicted octanol–water partition coefficient (Wildman–Crippen LogP) is 4.73. The molecule has 1 atom stereocenters. The van der Waals surface area contributed by atoms with Gasteiger partial charge in [-0.2, -0.15) is 0 Å². The van der Waals surface area contributed by atoms with Crippen molar-refractivity contribution < 1.29 is 4.39 Å². The summed E-state index contributed by atoms with van der Waals surface area (Å²) in [5.41, 5.74) is 0. The molecule has 0 saturated heterocycles. The van der Waals surface area contributed by atoms with Crippen molar-refractivity contribution >= 4 is 0 Å². The van der Waals surface area contributed by atoms with Gasteiger partial charge in [-0.1, -0.05) is 52.4 Å². The van der Waals surface area contributed by atoms with Gasteiger partial charge in [-0.15, -0.1) is 0 Å². The minimum Gasteiger partial charge on any atom is -0.251 e. The number of hydrogen-bond acceptors (Lipinski definition) is 0. The van der Waals surface area contributed by atoms with Gasteiger partial charge in [-0.25, -0.2) is 0 Å². The lowest BCUT2D eigenvalue weighted by atomic mass is 9.94. The smallest absolute Gasteiger partial charge is 0.0894 e. The van der Waals surface area contributed by atoms with E-state index in [0.29, 0.717) is 0 Å². The Balaban J connectivity index is 3.25. The van der Waals surface area contributed by atoms with E-state index in [-0.39, 0.29) is 6.67 Å². The molecule has 0 aliphatic heterocycles. The van der Waals surface area contributed by atoms with Gasteiger partial charge >= 0.3 is 0 Å². The van der Waals surface area contributed by atoms with Crippen molar-refractivity contribution in [3.63, 3.8) is 0 Å². The molecule has 0 aliphatic rings. The molecule has 0 rings (SSSR count). The van der Waals surface area contributed by atoms with Crippen LogP contribution in [0.25, 0.3) is 0 Å². The van der Waals surface area contributed by atoms with E-state index in [9.17, 15) is 4.39 Å². The topological polar surface area (TPSA) is 0 Å². The Kier molecular flexibility index (Phi) is 9.96. The van der Waals surface area contributed by atoms with E-state index >= 15 is 0 Å². The van der Waals surface area contributed by atoms with Gasteiger partial charge in [0.15, 0.2) is 0 Å². The van der Waals surface area contributed by atoms with E-state index in [0.717, 1.165) is 18.8 Å². The van der Waals surface area contributed by atoms with Gasteiger partial charge in [0, 0.05) is 0 Å². The van der Waals surface area contributed by atoms with Crippen molar-refractivity contribution in [2.45, 2.75) is 65.2 Å². The van der Waals surface area contributed by atoms with Gasteiger partial charge in [-0.3, -0.25) is 4.39 Å². The lowest BCUT2D eigenvalue weighted by Gasteiger charge is -2.13. The van der Waals surface area contributed by atoms with Crippen LogP contribution in [0, 0.1) is 5.92 Å². The summed E-state index contributed by atoms with van der Waals surface area (Å²) in [6.07, 6.45) is 9.79. The highest BCUT2D eigenvalue weighted by Gasteiger charge is 2.04. The van der Waals surface area contributed by atoms with Crippen LogP contribution < -0.4 is 0 Å². The van der Waals surface area contributed by atoms with E-state index in [1.807, 2.05) is 0 Å². The molecule has 80 valence electrons. The molecule has 0 N–H and O–H groups in total. The summed E-state index contributed by atoms with van der Waals surface area (Å²) in [7, 11) is 0. The minimum absolute atomic E-state index is 0.133. The zero-order valence-corrected chi connectivity index (χ0v) is 9.32. The summed E-state index contributed by atoms with van der Waals surface area (Å²) < 4.78 is 11.9. The zero-order valence-electron chi connectivity index (χ0n) is 9.32. The summed E-state index contributed by atoms with van der Waals surface area (Å²) in [5, 5.41) is 0. The van der Waals surface area contributed by atoms with Crippen molar-refractivity contribution in [2.75, 3.05) is 6.67 Å². The third-order valence-electron chi connectivity index (χ3n) is 2.79. The molecule has 0 aromatic heterocycles. The first-order valence-electron chi connectivity index (χ1n) is 5.91. The van der Waals surface area contributed by atoms with Gasteiger partial charge in [0.05, 0.1) is 6.67 Å². The second-order valence-electron chi connectivity index (χ2n) is 3.95. The maximum absolute atomic E-state index is 11.9. The molecule has 0 saturated carbocycles. The zero-order chi connectivity index (χ0) is 9.94. The fraction of sp³-hybridized carbons (Fsp3) is 1.00. The van der Waals surface area contributed by atoms with Crippen LogP contribution in [0.4, 0.5) is 4.39 Å². The van der Waals surface area contributed by atoms with Crippen molar-refractivity contribution in [1.29, 1.82) is 0 Å². The molecule has 0 radical (unpaired) electrons. The first-order chi connectivity index (χ1) is 6.35. The number of alkyl halides is 1. The van der Waals surface area contributed by atoms with Crippen LogP contribution in [0.5, 0.6) is 0 Å². The average Bonchev–Trinajstić information content (AvgIpc) is 2.17. The molecular weight excluding hydrogens is 163 g/mol. The van der Waals surface area contributed by atoms with Crippen molar-refractivity contribution in [2.24, 2.45) is 5.92 Å². The van der Waals surface area contributed by atoms with Gasteiger partial charge < -0.3 is 0 Å². The standard InChI is InChI=1S/C12H25F/c1-3-5-6-7-9-12(4-2)10-8-11-13/h12H,3-11H2,1-2H3. The van der Waals surface area contributed by atoms with E-state index < -0.39 is 0 Å². The molecule has 0 bridgehead atoms. The number of halogens is 1. The maximum Gasteiger partial charge on any atom is 0.0894 e. The molecule has 0 aromatic rings. The molecule has 13 heavy (non-hydrogen) atoms. The van der Waals surface area contributed by atoms with Gasteiger partial charge in [-0.05, 0) is 18.8 Å². The maximum atomic E-state index is 11.9. The quantitative estimate of drug-likeness (QED) is 0.459. The van der Waals surface area contributed by atoms with E-state index in [2.05, 4.69) is 13.8 Å². The monoisotopic (exact) mass is 188 g/mol. The third kappa shape index (κ3) is 8.27. The highest BCUT2D eigenvalue weighted by Crippen LogP contribution is 2.19.